The van der Waals surface area contributed by atoms with E-state index in [0.29, 0.717) is 0 Å². The molecule has 0 radical (unpaired) electrons. The van der Waals surface area contributed by atoms with E-state index in [1.165, 1.54) is 17.8 Å². The second-order valence-electron chi connectivity index (χ2n) is 3.80. The Morgan fingerprint density at radius 1 is 1.05 bits per heavy atom. The number of halogens is 1. The first-order valence-corrected chi connectivity index (χ1v) is 8.37. The molecule has 0 aliphatic heterocycles. The lowest BCUT2D eigenvalue weighted by molar-refractivity contribution is 0.598. The molecular weight excluding hydrogens is 348 g/mol. The summed E-state index contributed by atoms with van der Waals surface area (Å²) in [5.41, 5.74) is 5.86. The van der Waals surface area contributed by atoms with E-state index in [-0.39, 0.29) is 10.6 Å². The molecule has 0 fully saturated rings. The second-order valence-corrected chi connectivity index (χ2v) is 7.40. The van der Waals surface area contributed by atoms with Crippen LogP contribution in [-0.2, 0) is 10.0 Å². The highest BCUT2D eigenvalue weighted by molar-refractivity contribution is 9.10. The van der Waals surface area contributed by atoms with Gasteiger partial charge in [-0.15, -0.1) is 0 Å². The first kappa shape index (κ1) is 14.4. The summed E-state index contributed by atoms with van der Waals surface area (Å²) in [5, 5.41) is 5.06. The van der Waals surface area contributed by atoms with Crippen LogP contribution in [0.5, 0.6) is 0 Å². The van der Waals surface area contributed by atoms with Gasteiger partial charge in [0.1, 0.15) is 4.90 Å². The monoisotopic (exact) mass is 358 g/mol. The standard InChI is InChI=1S/C12H11BrN2O2S2/c13-8-2-1-3-9(6-8)18-10-4-5-12(11(14)7-10)19(15,16)17/h1-7H,14H2,(H2,15,16,17). The fourth-order valence-electron chi connectivity index (χ4n) is 1.52. The Kier molecular flexibility index (Phi) is 4.19. The van der Waals surface area contributed by atoms with E-state index < -0.39 is 10.0 Å². The molecule has 100 valence electrons. The minimum Gasteiger partial charge on any atom is -0.398 e. The molecule has 0 saturated carbocycles. The molecule has 0 heterocycles. The van der Waals surface area contributed by atoms with E-state index in [2.05, 4.69) is 15.9 Å². The summed E-state index contributed by atoms with van der Waals surface area (Å²) >= 11 is 4.88. The van der Waals surface area contributed by atoms with Crippen molar-refractivity contribution in [2.75, 3.05) is 5.73 Å². The van der Waals surface area contributed by atoms with Crippen LogP contribution in [0.2, 0.25) is 0 Å². The van der Waals surface area contributed by atoms with Crippen molar-refractivity contribution < 1.29 is 8.42 Å². The van der Waals surface area contributed by atoms with Crippen LogP contribution in [0.25, 0.3) is 0 Å². The van der Waals surface area contributed by atoms with Crippen molar-refractivity contribution in [3.05, 3.63) is 46.9 Å². The van der Waals surface area contributed by atoms with Crippen LogP contribution in [0.4, 0.5) is 5.69 Å². The lowest BCUT2D eigenvalue weighted by atomic mass is 10.3. The molecule has 0 aliphatic carbocycles. The molecular formula is C12H11BrN2O2S2. The third-order valence-electron chi connectivity index (χ3n) is 2.32. The van der Waals surface area contributed by atoms with E-state index in [1.54, 1.807) is 12.1 Å². The Labute approximate surface area is 124 Å². The van der Waals surface area contributed by atoms with Gasteiger partial charge in [-0.25, -0.2) is 13.6 Å². The zero-order valence-electron chi connectivity index (χ0n) is 9.71. The van der Waals surface area contributed by atoms with Gasteiger partial charge in [-0.05, 0) is 36.4 Å². The molecule has 4 N–H and O–H groups in total. The number of hydrogen-bond donors (Lipinski definition) is 2. The number of hydrogen-bond acceptors (Lipinski definition) is 4. The third-order valence-corrected chi connectivity index (χ3v) is 4.78. The van der Waals surface area contributed by atoms with Crippen molar-refractivity contribution in [2.24, 2.45) is 5.14 Å². The lowest BCUT2D eigenvalue weighted by Crippen LogP contribution is -2.14. The van der Waals surface area contributed by atoms with Gasteiger partial charge in [-0.1, -0.05) is 33.8 Å². The summed E-state index contributed by atoms with van der Waals surface area (Å²) < 4.78 is 23.5. The van der Waals surface area contributed by atoms with E-state index in [4.69, 9.17) is 10.9 Å². The van der Waals surface area contributed by atoms with Crippen LogP contribution in [0.3, 0.4) is 0 Å². The Morgan fingerprint density at radius 2 is 1.74 bits per heavy atom. The summed E-state index contributed by atoms with van der Waals surface area (Å²) in [6, 6.07) is 12.5. The summed E-state index contributed by atoms with van der Waals surface area (Å²) in [6.45, 7) is 0. The van der Waals surface area contributed by atoms with Gasteiger partial charge < -0.3 is 5.73 Å². The quantitative estimate of drug-likeness (QED) is 0.825. The summed E-state index contributed by atoms with van der Waals surface area (Å²) in [4.78, 5) is 1.83. The molecule has 2 rings (SSSR count). The molecule has 0 atom stereocenters. The molecule has 0 unspecified atom stereocenters. The van der Waals surface area contributed by atoms with Gasteiger partial charge >= 0.3 is 0 Å². The van der Waals surface area contributed by atoms with Gasteiger partial charge in [-0.2, -0.15) is 0 Å². The van der Waals surface area contributed by atoms with Crippen molar-refractivity contribution in [1.29, 1.82) is 0 Å². The SMILES string of the molecule is Nc1cc(Sc2cccc(Br)c2)ccc1S(N)(=O)=O. The highest BCUT2D eigenvalue weighted by atomic mass is 79.9. The average Bonchev–Trinajstić information content (AvgIpc) is 2.27. The Balaban J connectivity index is 2.31. The molecule has 4 nitrogen and oxygen atoms in total. The molecule has 7 heteroatoms. The van der Waals surface area contributed by atoms with Crippen molar-refractivity contribution >= 4 is 43.4 Å². The number of primary sulfonamides is 1. The molecule has 0 aromatic heterocycles. The van der Waals surface area contributed by atoms with Gasteiger partial charge in [0.25, 0.3) is 0 Å². The Bertz CT molecular complexity index is 717. The molecule has 19 heavy (non-hydrogen) atoms. The molecule has 2 aromatic rings. The summed E-state index contributed by atoms with van der Waals surface area (Å²) in [7, 11) is -3.77. The third kappa shape index (κ3) is 3.73. The number of nitrogen functional groups attached to an aromatic ring is 1. The number of sulfonamides is 1. The molecule has 2 aromatic carbocycles. The largest absolute Gasteiger partial charge is 0.398 e. The van der Waals surface area contributed by atoms with Crippen molar-refractivity contribution in [2.45, 2.75) is 14.7 Å². The molecule has 0 amide bonds. The number of nitrogens with two attached hydrogens (primary N) is 2. The fraction of sp³-hybridized carbons (Fsp3) is 0. The van der Waals surface area contributed by atoms with Crippen molar-refractivity contribution in [1.82, 2.24) is 0 Å². The molecule has 0 aliphatic rings. The maximum absolute atomic E-state index is 11.3. The summed E-state index contributed by atoms with van der Waals surface area (Å²) in [6.07, 6.45) is 0. The number of rotatable bonds is 3. The second kappa shape index (κ2) is 5.54. The van der Waals surface area contributed by atoms with Crippen LogP contribution in [0.15, 0.2) is 61.6 Å². The lowest BCUT2D eigenvalue weighted by Gasteiger charge is -2.06. The average molecular weight is 359 g/mol. The fourth-order valence-corrected chi connectivity index (χ4v) is 3.64. The van der Waals surface area contributed by atoms with Crippen LogP contribution in [0.1, 0.15) is 0 Å². The highest BCUT2D eigenvalue weighted by Crippen LogP contribution is 2.32. The zero-order chi connectivity index (χ0) is 14.0. The highest BCUT2D eigenvalue weighted by Gasteiger charge is 2.12. The first-order valence-electron chi connectivity index (χ1n) is 5.22. The molecule has 0 spiro atoms. The topological polar surface area (TPSA) is 86.2 Å². The van der Waals surface area contributed by atoms with Gasteiger partial charge in [0.05, 0.1) is 5.69 Å². The van der Waals surface area contributed by atoms with Crippen LogP contribution >= 0.6 is 27.7 Å². The van der Waals surface area contributed by atoms with Gasteiger partial charge in [0, 0.05) is 14.3 Å². The predicted octanol–water partition coefficient (Wildman–Crippen LogP) is 2.83. The normalized spacial score (nSPS) is 11.5. The number of anilines is 1. The van der Waals surface area contributed by atoms with Gasteiger partial charge in [0.2, 0.25) is 10.0 Å². The smallest absolute Gasteiger partial charge is 0.240 e. The minimum absolute atomic E-state index is 0.0499. The van der Waals surface area contributed by atoms with Crippen molar-refractivity contribution in [3.8, 4) is 0 Å². The van der Waals surface area contributed by atoms with E-state index in [1.807, 2.05) is 24.3 Å². The molecule has 0 bridgehead atoms. The maximum Gasteiger partial charge on any atom is 0.240 e. The van der Waals surface area contributed by atoms with Gasteiger partial charge in [-0.3, -0.25) is 0 Å². The van der Waals surface area contributed by atoms with Crippen LogP contribution < -0.4 is 10.9 Å². The summed E-state index contributed by atoms with van der Waals surface area (Å²) in [5.74, 6) is 0. The van der Waals surface area contributed by atoms with E-state index >= 15 is 0 Å². The first-order chi connectivity index (χ1) is 8.86. The Hall–Kier alpha value is -1.02. The predicted molar refractivity (Wildman–Crippen MR) is 80.5 cm³/mol. The van der Waals surface area contributed by atoms with Crippen molar-refractivity contribution in [3.63, 3.8) is 0 Å². The van der Waals surface area contributed by atoms with Gasteiger partial charge in [0.15, 0.2) is 0 Å². The minimum atomic E-state index is -3.77. The molecule has 0 saturated heterocycles. The van der Waals surface area contributed by atoms with Crippen LogP contribution in [-0.4, -0.2) is 8.42 Å². The van der Waals surface area contributed by atoms with Crippen LogP contribution in [0, 0.1) is 0 Å². The van der Waals surface area contributed by atoms with E-state index in [9.17, 15) is 8.42 Å². The Morgan fingerprint density at radius 3 is 2.32 bits per heavy atom. The maximum atomic E-state index is 11.3. The number of benzene rings is 2. The van der Waals surface area contributed by atoms with E-state index in [0.717, 1.165) is 14.3 Å². The zero-order valence-corrected chi connectivity index (χ0v) is 12.9.